The lowest BCUT2D eigenvalue weighted by atomic mass is 10.2. The first kappa shape index (κ1) is 14.9. The molecule has 0 saturated heterocycles. The Bertz CT molecular complexity index is 599. The van der Waals surface area contributed by atoms with Crippen molar-refractivity contribution < 1.29 is 4.39 Å². The summed E-state index contributed by atoms with van der Waals surface area (Å²) in [6.07, 6.45) is 2.16. The quantitative estimate of drug-likeness (QED) is 0.820. The van der Waals surface area contributed by atoms with Crippen LogP contribution < -0.4 is 5.32 Å². The van der Waals surface area contributed by atoms with Gasteiger partial charge in [0.15, 0.2) is 0 Å². The number of rotatable bonds is 5. The second kappa shape index (κ2) is 6.82. The Hall–Kier alpha value is -1.45. The molecule has 106 valence electrons. The van der Waals surface area contributed by atoms with E-state index in [4.69, 9.17) is 0 Å². The molecule has 0 unspecified atom stereocenters. The summed E-state index contributed by atoms with van der Waals surface area (Å²) in [5.41, 5.74) is 1.95. The lowest BCUT2D eigenvalue weighted by Crippen LogP contribution is -2.24. The van der Waals surface area contributed by atoms with Gasteiger partial charge in [0.2, 0.25) is 0 Å². The highest BCUT2D eigenvalue weighted by Gasteiger charge is 2.06. The van der Waals surface area contributed by atoms with E-state index in [-0.39, 0.29) is 5.82 Å². The average molecular weight is 289 g/mol. The number of nitrogens with one attached hydrogen (secondary N) is 1. The van der Waals surface area contributed by atoms with Gasteiger partial charge in [-0.05, 0) is 31.2 Å². The molecule has 1 N–H and O–H groups in total. The molecule has 0 amide bonds. The molecule has 0 aliphatic carbocycles. The largest absolute Gasteiger partial charge is 0.311 e. The van der Waals surface area contributed by atoms with Crippen LogP contribution in [0.2, 0.25) is 0 Å². The van der Waals surface area contributed by atoms with Crippen molar-refractivity contribution >= 4 is 17.4 Å². The summed E-state index contributed by atoms with van der Waals surface area (Å²) in [6.45, 7) is 7.26. The van der Waals surface area contributed by atoms with Crippen LogP contribution in [0.25, 0.3) is 16.5 Å². The Labute approximate surface area is 124 Å². The fourth-order valence-electron chi connectivity index (χ4n) is 1.90. The van der Waals surface area contributed by atoms with Gasteiger partial charge in [-0.25, -0.2) is 4.39 Å². The lowest BCUT2D eigenvalue weighted by molar-refractivity contribution is 0.623. The molecular formula is C17H20FNS. The second-order valence-corrected chi connectivity index (χ2v) is 6.32. The van der Waals surface area contributed by atoms with Crippen molar-refractivity contribution in [2.24, 2.45) is 0 Å². The molecule has 0 aliphatic rings. The van der Waals surface area contributed by atoms with Crippen LogP contribution in [0.15, 0.2) is 42.0 Å². The molecule has 0 spiro atoms. The predicted molar refractivity (Wildman–Crippen MR) is 86.5 cm³/mol. The van der Waals surface area contributed by atoms with Crippen LogP contribution in [0, 0.1) is 5.82 Å². The van der Waals surface area contributed by atoms with Crippen LogP contribution in [-0.2, 0) is 0 Å². The second-order valence-electron chi connectivity index (χ2n) is 5.21. The van der Waals surface area contributed by atoms with Crippen LogP contribution in [-0.4, -0.2) is 12.6 Å². The first-order valence-electron chi connectivity index (χ1n) is 6.81. The average Bonchev–Trinajstić information content (AvgIpc) is 2.85. The minimum absolute atomic E-state index is 0.164. The highest BCUT2D eigenvalue weighted by Crippen LogP contribution is 2.30. The Kier molecular flexibility index (Phi) is 5.10. The van der Waals surface area contributed by atoms with Gasteiger partial charge in [0, 0.05) is 27.9 Å². The minimum atomic E-state index is -0.164. The van der Waals surface area contributed by atoms with Gasteiger partial charge in [-0.3, -0.25) is 0 Å². The number of hydrogen-bond acceptors (Lipinski definition) is 2. The maximum atomic E-state index is 13.7. The molecule has 2 rings (SSSR count). The van der Waals surface area contributed by atoms with Gasteiger partial charge in [-0.15, -0.1) is 11.3 Å². The fraction of sp³-hybridized carbons (Fsp3) is 0.294. The summed E-state index contributed by atoms with van der Waals surface area (Å²) in [5, 5.41) is 3.39. The van der Waals surface area contributed by atoms with Crippen molar-refractivity contribution in [2.75, 3.05) is 6.54 Å². The molecule has 1 nitrogen and oxygen atoms in total. The smallest absolute Gasteiger partial charge is 0.131 e. The molecule has 0 atom stereocenters. The zero-order chi connectivity index (χ0) is 14.5. The van der Waals surface area contributed by atoms with E-state index in [1.54, 1.807) is 17.4 Å². The molecule has 1 aromatic carbocycles. The summed E-state index contributed by atoms with van der Waals surface area (Å²) in [4.78, 5) is 2.13. The third-order valence-electron chi connectivity index (χ3n) is 2.94. The van der Waals surface area contributed by atoms with Crippen molar-refractivity contribution in [3.05, 3.63) is 52.7 Å². The third-order valence-corrected chi connectivity index (χ3v) is 4.01. The maximum Gasteiger partial charge on any atom is 0.131 e. The zero-order valence-electron chi connectivity index (χ0n) is 12.1. The van der Waals surface area contributed by atoms with Crippen LogP contribution in [0.3, 0.4) is 0 Å². The van der Waals surface area contributed by atoms with Crippen molar-refractivity contribution in [2.45, 2.75) is 26.8 Å². The van der Waals surface area contributed by atoms with E-state index in [0.717, 1.165) is 16.3 Å². The minimum Gasteiger partial charge on any atom is -0.311 e. The van der Waals surface area contributed by atoms with E-state index in [0.29, 0.717) is 11.6 Å². The van der Waals surface area contributed by atoms with Gasteiger partial charge in [0.1, 0.15) is 5.82 Å². The van der Waals surface area contributed by atoms with E-state index < -0.39 is 0 Å². The van der Waals surface area contributed by atoms with Crippen molar-refractivity contribution in [3.8, 4) is 10.4 Å². The molecule has 1 heterocycles. The standard InChI is InChI=1S/C17H20FNS/c1-12(2)19-11-13(3)10-14-8-9-17(20-14)15-6-4-5-7-16(15)18/h4-10,12,19H,11H2,1-3H3. The fourth-order valence-corrected chi connectivity index (χ4v) is 2.96. The number of hydrogen-bond donors (Lipinski definition) is 1. The van der Waals surface area contributed by atoms with Crippen LogP contribution >= 0.6 is 11.3 Å². The van der Waals surface area contributed by atoms with E-state index >= 15 is 0 Å². The predicted octanol–water partition coefficient (Wildman–Crippen LogP) is 4.96. The van der Waals surface area contributed by atoms with Gasteiger partial charge >= 0.3 is 0 Å². The summed E-state index contributed by atoms with van der Waals surface area (Å²) < 4.78 is 13.7. The molecule has 0 saturated carbocycles. The van der Waals surface area contributed by atoms with E-state index in [1.165, 1.54) is 11.6 Å². The first-order valence-corrected chi connectivity index (χ1v) is 7.63. The first-order chi connectivity index (χ1) is 9.56. The zero-order valence-corrected chi connectivity index (χ0v) is 12.9. The number of thiophene rings is 1. The van der Waals surface area contributed by atoms with Crippen LogP contribution in [0.1, 0.15) is 25.6 Å². The van der Waals surface area contributed by atoms with Crippen molar-refractivity contribution in [3.63, 3.8) is 0 Å². The SMILES string of the molecule is CC(=Cc1ccc(-c2ccccc2F)s1)CNC(C)C. The van der Waals surface area contributed by atoms with Crippen LogP contribution in [0.4, 0.5) is 4.39 Å². The normalized spacial score (nSPS) is 12.2. The van der Waals surface area contributed by atoms with E-state index in [1.807, 2.05) is 24.3 Å². The highest BCUT2D eigenvalue weighted by atomic mass is 32.1. The van der Waals surface area contributed by atoms with Gasteiger partial charge in [-0.2, -0.15) is 0 Å². The number of benzene rings is 1. The Morgan fingerprint density at radius 3 is 2.70 bits per heavy atom. The van der Waals surface area contributed by atoms with E-state index in [2.05, 4.69) is 32.2 Å². The molecule has 0 fully saturated rings. The van der Waals surface area contributed by atoms with Gasteiger partial charge in [-0.1, -0.05) is 37.6 Å². The molecule has 0 radical (unpaired) electrons. The molecule has 3 heteroatoms. The summed E-state index contributed by atoms with van der Waals surface area (Å²) in [6, 6.07) is 11.4. The summed E-state index contributed by atoms with van der Waals surface area (Å²) in [7, 11) is 0. The molecule has 20 heavy (non-hydrogen) atoms. The van der Waals surface area contributed by atoms with Gasteiger partial charge in [0.25, 0.3) is 0 Å². The monoisotopic (exact) mass is 289 g/mol. The molecule has 2 aromatic rings. The molecular weight excluding hydrogens is 269 g/mol. The van der Waals surface area contributed by atoms with E-state index in [9.17, 15) is 4.39 Å². The van der Waals surface area contributed by atoms with Gasteiger partial charge < -0.3 is 5.32 Å². The van der Waals surface area contributed by atoms with Crippen molar-refractivity contribution in [1.82, 2.24) is 5.32 Å². The maximum absolute atomic E-state index is 13.7. The number of halogens is 1. The Morgan fingerprint density at radius 2 is 2.00 bits per heavy atom. The molecule has 1 aromatic heterocycles. The highest BCUT2D eigenvalue weighted by molar-refractivity contribution is 7.16. The Balaban J connectivity index is 2.13. The Morgan fingerprint density at radius 1 is 1.25 bits per heavy atom. The molecule has 0 bridgehead atoms. The summed E-state index contributed by atoms with van der Waals surface area (Å²) in [5.74, 6) is -0.164. The summed E-state index contributed by atoms with van der Waals surface area (Å²) >= 11 is 1.62. The van der Waals surface area contributed by atoms with Crippen molar-refractivity contribution in [1.29, 1.82) is 0 Å². The van der Waals surface area contributed by atoms with Gasteiger partial charge in [0.05, 0.1) is 0 Å². The third kappa shape index (κ3) is 4.02. The molecule has 0 aliphatic heterocycles. The topological polar surface area (TPSA) is 12.0 Å². The lowest BCUT2D eigenvalue weighted by Gasteiger charge is -2.07. The van der Waals surface area contributed by atoms with Crippen LogP contribution in [0.5, 0.6) is 0 Å².